The molecule has 6 rings (SSSR count). The maximum Gasteiger partial charge on any atom is 0.247 e. The van der Waals surface area contributed by atoms with Crippen molar-refractivity contribution in [2.24, 2.45) is 0 Å². The van der Waals surface area contributed by atoms with Crippen LogP contribution in [0.25, 0.3) is 33.2 Å². The van der Waals surface area contributed by atoms with Crippen LogP contribution < -0.4 is 10.9 Å². The fourth-order valence-corrected chi connectivity index (χ4v) is 4.65. The molecule has 0 amide bonds. The van der Waals surface area contributed by atoms with E-state index in [1.165, 1.54) is 18.9 Å². The smallest absolute Gasteiger partial charge is 0.247 e. The summed E-state index contributed by atoms with van der Waals surface area (Å²) >= 11 is 0. The molecular weight excluding hydrogens is 416 g/mol. The molecule has 0 atom stereocenters. The molecule has 5 heterocycles. The summed E-state index contributed by atoms with van der Waals surface area (Å²) in [7, 11) is 0. The summed E-state index contributed by atoms with van der Waals surface area (Å²) in [4.78, 5) is 27.9. The number of nitrogens with one attached hydrogen (secondary N) is 2. The topological polar surface area (TPSA) is 114 Å². The van der Waals surface area contributed by atoms with Crippen LogP contribution in [0, 0.1) is 6.92 Å². The highest BCUT2D eigenvalue weighted by Crippen LogP contribution is 2.37. The predicted molar refractivity (Wildman–Crippen MR) is 126 cm³/mol. The maximum atomic E-state index is 11.3. The van der Waals surface area contributed by atoms with E-state index in [-0.39, 0.29) is 5.56 Å². The Bertz CT molecular complexity index is 1510. The van der Waals surface area contributed by atoms with Crippen molar-refractivity contribution in [1.29, 1.82) is 0 Å². The van der Waals surface area contributed by atoms with Gasteiger partial charge in [0.25, 0.3) is 0 Å². The number of fused-ring (bicyclic) bond motifs is 3. The van der Waals surface area contributed by atoms with Crippen LogP contribution in [-0.2, 0) is 0 Å². The third-order valence-corrected chi connectivity index (χ3v) is 6.24. The van der Waals surface area contributed by atoms with Gasteiger partial charge in [0, 0.05) is 46.5 Å². The first-order chi connectivity index (χ1) is 16.2. The average Bonchev–Trinajstić information content (AvgIpc) is 3.46. The van der Waals surface area contributed by atoms with Crippen LogP contribution in [0.15, 0.2) is 53.7 Å². The molecular formula is C24H22N8O. The van der Waals surface area contributed by atoms with Crippen molar-refractivity contribution >= 4 is 33.7 Å². The van der Waals surface area contributed by atoms with Crippen LogP contribution in [0.3, 0.4) is 0 Å². The Labute approximate surface area is 189 Å². The van der Waals surface area contributed by atoms with Gasteiger partial charge in [0.15, 0.2) is 5.82 Å². The SMILES string of the molecule is Cc1cc2c3cnc(Nc4ccc(-c5ccc(=O)[nH]c5)nn4)nc3n(C3CCCC3)c2cn1. The van der Waals surface area contributed by atoms with E-state index in [9.17, 15) is 4.79 Å². The first-order valence-electron chi connectivity index (χ1n) is 11.1. The Hall–Kier alpha value is -4.14. The lowest BCUT2D eigenvalue weighted by Crippen LogP contribution is -2.07. The zero-order valence-corrected chi connectivity index (χ0v) is 18.1. The highest BCUT2D eigenvalue weighted by atomic mass is 16.1. The zero-order valence-electron chi connectivity index (χ0n) is 18.1. The molecule has 2 N–H and O–H groups in total. The summed E-state index contributed by atoms with van der Waals surface area (Å²) in [5.74, 6) is 1.02. The van der Waals surface area contributed by atoms with Gasteiger partial charge in [-0.2, -0.15) is 4.98 Å². The number of rotatable bonds is 4. The standard InChI is InChI=1S/C24H22N8O/c1-14-10-17-18-12-27-24(29-23(18)32(20(17)13-25-14)16-4-2-3-5-16)28-21-8-7-19(30-31-21)15-6-9-22(33)26-11-15/h6-13,16H,2-5H2,1H3,(H,26,33)(H,27,28,29,31). The van der Waals surface area contributed by atoms with Gasteiger partial charge in [-0.1, -0.05) is 12.8 Å². The summed E-state index contributed by atoms with van der Waals surface area (Å²) < 4.78 is 2.34. The lowest BCUT2D eigenvalue weighted by molar-refractivity contribution is 0.546. The molecule has 1 aliphatic carbocycles. The number of aromatic amines is 1. The summed E-state index contributed by atoms with van der Waals surface area (Å²) in [5, 5.41) is 13.9. The Kier molecular flexibility index (Phi) is 4.60. The first-order valence-corrected chi connectivity index (χ1v) is 11.1. The van der Waals surface area contributed by atoms with Gasteiger partial charge in [0.1, 0.15) is 5.65 Å². The third kappa shape index (κ3) is 3.51. The van der Waals surface area contributed by atoms with E-state index in [0.717, 1.165) is 46.0 Å². The van der Waals surface area contributed by atoms with E-state index in [0.29, 0.717) is 23.5 Å². The number of nitrogens with zero attached hydrogens (tertiary/aromatic N) is 6. The minimum absolute atomic E-state index is 0.154. The number of H-pyrrole nitrogens is 1. The lowest BCUT2D eigenvalue weighted by atomic mass is 10.2. The van der Waals surface area contributed by atoms with Crippen molar-refractivity contribution in [3.8, 4) is 11.3 Å². The number of aryl methyl sites for hydroxylation is 1. The van der Waals surface area contributed by atoms with Gasteiger partial charge in [-0.15, -0.1) is 10.2 Å². The Morgan fingerprint density at radius 1 is 1.03 bits per heavy atom. The van der Waals surface area contributed by atoms with E-state index in [4.69, 9.17) is 4.98 Å². The molecule has 164 valence electrons. The minimum Gasteiger partial charge on any atom is -0.328 e. The second-order valence-corrected chi connectivity index (χ2v) is 8.45. The van der Waals surface area contributed by atoms with Crippen LogP contribution >= 0.6 is 0 Å². The summed E-state index contributed by atoms with van der Waals surface area (Å²) in [6.45, 7) is 2.00. The number of hydrogen-bond donors (Lipinski definition) is 2. The molecule has 1 aliphatic rings. The van der Waals surface area contributed by atoms with Crippen LogP contribution in [0.5, 0.6) is 0 Å². The van der Waals surface area contributed by atoms with Crippen LogP contribution in [0.2, 0.25) is 0 Å². The Morgan fingerprint density at radius 2 is 1.91 bits per heavy atom. The van der Waals surface area contributed by atoms with E-state index >= 15 is 0 Å². The molecule has 33 heavy (non-hydrogen) atoms. The van der Waals surface area contributed by atoms with Crippen molar-refractivity contribution in [2.45, 2.75) is 38.6 Å². The molecule has 0 aliphatic heterocycles. The molecule has 0 saturated heterocycles. The van der Waals surface area contributed by atoms with E-state index < -0.39 is 0 Å². The monoisotopic (exact) mass is 438 g/mol. The number of pyridine rings is 2. The predicted octanol–water partition coefficient (Wildman–Crippen LogP) is 4.29. The normalized spacial score (nSPS) is 14.3. The molecule has 9 heteroatoms. The van der Waals surface area contributed by atoms with Gasteiger partial charge in [0.05, 0.1) is 17.4 Å². The zero-order chi connectivity index (χ0) is 22.4. The number of aromatic nitrogens is 7. The largest absolute Gasteiger partial charge is 0.328 e. The average molecular weight is 438 g/mol. The molecule has 5 aromatic heterocycles. The van der Waals surface area contributed by atoms with Gasteiger partial charge >= 0.3 is 0 Å². The molecule has 1 fully saturated rings. The first kappa shape index (κ1) is 19.5. The molecule has 0 radical (unpaired) electrons. The van der Waals surface area contributed by atoms with E-state index in [2.05, 4.69) is 41.1 Å². The van der Waals surface area contributed by atoms with Gasteiger partial charge in [-0.25, -0.2) is 4.98 Å². The molecule has 0 spiro atoms. The molecule has 9 nitrogen and oxygen atoms in total. The Morgan fingerprint density at radius 3 is 2.67 bits per heavy atom. The highest BCUT2D eigenvalue weighted by Gasteiger charge is 2.23. The third-order valence-electron chi connectivity index (χ3n) is 6.24. The number of hydrogen-bond acceptors (Lipinski definition) is 7. The van der Waals surface area contributed by atoms with Crippen molar-refractivity contribution < 1.29 is 0 Å². The van der Waals surface area contributed by atoms with Gasteiger partial charge in [-0.3, -0.25) is 9.78 Å². The summed E-state index contributed by atoms with van der Waals surface area (Å²) in [6, 6.07) is 9.37. The minimum atomic E-state index is -0.154. The second-order valence-electron chi connectivity index (χ2n) is 8.45. The van der Waals surface area contributed by atoms with Crippen molar-refractivity contribution in [3.63, 3.8) is 0 Å². The van der Waals surface area contributed by atoms with Gasteiger partial charge in [0.2, 0.25) is 11.5 Å². The molecule has 5 aromatic rings. The quantitative estimate of drug-likeness (QED) is 0.430. The second kappa shape index (κ2) is 7.77. The fourth-order valence-electron chi connectivity index (χ4n) is 4.65. The fraction of sp³-hybridized carbons (Fsp3) is 0.250. The molecule has 0 unspecified atom stereocenters. The van der Waals surface area contributed by atoms with Gasteiger partial charge < -0.3 is 14.9 Å². The van der Waals surface area contributed by atoms with Crippen LogP contribution in [0.4, 0.5) is 11.8 Å². The van der Waals surface area contributed by atoms with E-state index in [1.807, 2.05) is 31.5 Å². The van der Waals surface area contributed by atoms with Crippen LogP contribution in [0.1, 0.15) is 37.4 Å². The number of anilines is 2. The van der Waals surface area contributed by atoms with Crippen molar-refractivity contribution in [1.82, 2.24) is 34.7 Å². The lowest BCUT2D eigenvalue weighted by Gasteiger charge is -2.14. The van der Waals surface area contributed by atoms with E-state index in [1.54, 1.807) is 12.3 Å². The van der Waals surface area contributed by atoms with Crippen molar-refractivity contribution in [3.05, 3.63) is 65.0 Å². The maximum absolute atomic E-state index is 11.3. The highest BCUT2D eigenvalue weighted by molar-refractivity contribution is 6.06. The molecule has 0 bridgehead atoms. The molecule has 0 aromatic carbocycles. The van der Waals surface area contributed by atoms with Crippen molar-refractivity contribution in [2.75, 3.05) is 5.32 Å². The Balaban J connectivity index is 1.37. The summed E-state index contributed by atoms with van der Waals surface area (Å²) in [5.41, 5.74) is 4.30. The van der Waals surface area contributed by atoms with Crippen LogP contribution in [-0.4, -0.2) is 34.7 Å². The molecule has 1 saturated carbocycles. The van der Waals surface area contributed by atoms with Gasteiger partial charge in [-0.05, 0) is 44.0 Å². The summed E-state index contributed by atoms with van der Waals surface area (Å²) in [6.07, 6.45) is 10.2.